The van der Waals surface area contributed by atoms with Gasteiger partial charge in [0.15, 0.2) is 0 Å². The number of phenolic OH excluding ortho intramolecular Hbond substituents is 1. The van der Waals surface area contributed by atoms with E-state index in [9.17, 15) is 9.50 Å². The highest BCUT2D eigenvalue weighted by Crippen LogP contribution is 2.34. The van der Waals surface area contributed by atoms with Crippen LogP contribution >= 0.6 is 0 Å². The van der Waals surface area contributed by atoms with E-state index in [-0.39, 0.29) is 11.6 Å². The zero-order valence-electron chi connectivity index (χ0n) is 16.9. The molecule has 3 aromatic rings. The fraction of sp³-hybridized carbons (Fsp3) is 0.292. The van der Waals surface area contributed by atoms with E-state index in [2.05, 4.69) is 17.0 Å². The largest absolute Gasteiger partial charge is 0.508 e. The highest BCUT2D eigenvalue weighted by atomic mass is 19.1. The lowest BCUT2D eigenvalue weighted by atomic mass is 10.0. The number of ether oxygens (including phenoxy) is 1. The van der Waals surface area contributed by atoms with Crippen LogP contribution in [0, 0.1) is 5.82 Å². The molecule has 0 saturated carbocycles. The maximum Gasteiger partial charge on any atom is 0.132 e. The van der Waals surface area contributed by atoms with Crippen LogP contribution in [0.15, 0.2) is 48.5 Å². The second-order valence-corrected chi connectivity index (χ2v) is 8.04. The molecule has 1 aromatic heterocycles. The lowest BCUT2D eigenvalue weighted by Crippen LogP contribution is -2.13. The fourth-order valence-electron chi connectivity index (χ4n) is 4.37. The van der Waals surface area contributed by atoms with E-state index in [1.807, 2.05) is 17.8 Å². The summed E-state index contributed by atoms with van der Waals surface area (Å²) in [4.78, 5) is 2.17. The summed E-state index contributed by atoms with van der Waals surface area (Å²) in [5, 5.41) is 15.1. The van der Waals surface area contributed by atoms with Crippen molar-refractivity contribution >= 4 is 5.57 Å². The quantitative estimate of drug-likeness (QED) is 0.707. The predicted octanol–water partition coefficient (Wildman–Crippen LogP) is 4.19. The van der Waals surface area contributed by atoms with Crippen molar-refractivity contribution < 1.29 is 14.2 Å². The van der Waals surface area contributed by atoms with Gasteiger partial charge in [0.25, 0.3) is 0 Å². The zero-order valence-corrected chi connectivity index (χ0v) is 16.9. The van der Waals surface area contributed by atoms with Gasteiger partial charge in [-0.25, -0.2) is 4.39 Å². The van der Waals surface area contributed by atoms with Gasteiger partial charge in [0.05, 0.1) is 31.1 Å². The first-order chi connectivity index (χ1) is 14.6. The van der Waals surface area contributed by atoms with E-state index >= 15 is 0 Å². The van der Waals surface area contributed by atoms with Crippen LogP contribution in [0.4, 0.5) is 4.39 Å². The van der Waals surface area contributed by atoms with Gasteiger partial charge >= 0.3 is 0 Å². The van der Waals surface area contributed by atoms with Crippen molar-refractivity contribution in [2.24, 2.45) is 0 Å². The van der Waals surface area contributed by atoms with Gasteiger partial charge in [-0.1, -0.05) is 18.2 Å². The minimum atomic E-state index is -0.253. The molecule has 2 aliphatic heterocycles. The summed E-state index contributed by atoms with van der Waals surface area (Å²) >= 11 is 0. The first-order valence-electron chi connectivity index (χ1n) is 10.2. The molecule has 0 amide bonds. The normalized spacial score (nSPS) is 16.5. The molecule has 2 aliphatic rings. The first-order valence-corrected chi connectivity index (χ1v) is 10.2. The van der Waals surface area contributed by atoms with E-state index < -0.39 is 0 Å². The Kier molecular flexibility index (Phi) is 4.89. The lowest BCUT2D eigenvalue weighted by molar-refractivity contribution is 0.164. The average Bonchev–Trinajstić information content (AvgIpc) is 3.24. The summed E-state index contributed by atoms with van der Waals surface area (Å²) < 4.78 is 22.1. The molecule has 0 fully saturated rings. The van der Waals surface area contributed by atoms with Crippen LogP contribution in [-0.2, 0) is 24.4 Å². The topological polar surface area (TPSA) is 50.5 Å². The third-order valence-corrected chi connectivity index (χ3v) is 5.70. The standard InChI is InChI=1S/C24H24FN3O2/c1-27-13-21-23(14-27)26-28(24(21)20-6-2-3-7-22(20)25)12-16-9-18(11-19(29)10-16)17-5-4-8-30-15-17/h2-3,5-7,9-11,29H,4,8,12-15H2,1H3. The molecule has 30 heavy (non-hydrogen) atoms. The monoisotopic (exact) mass is 405 g/mol. The molecule has 5 rings (SSSR count). The number of aromatic nitrogens is 2. The van der Waals surface area contributed by atoms with Crippen LogP contribution in [-0.4, -0.2) is 40.0 Å². The number of aromatic hydroxyl groups is 1. The summed E-state index contributed by atoms with van der Waals surface area (Å²) in [6.45, 7) is 3.23. The van der Waals surface area contributed by atoms with Crippen LogP contribution in [0.5, 0.6) is 5.75 Å². The molecule has 0 spiro atoms. The van der Waals surface area contributed by atoms with Crippen molar-refractivity contribution in [3.8, 4) is 17.0 Å². The van der Waals surface area contributed by atoms with E-state index in [0.29, 0.717) is 18.7 Å². The minimum Gasteiger partial charge on any atom is -0.508 e. The third kappa shape index (κ3) is 3.53. The summed E-state index contributed by atoms with van der Waals surface area (Å²) in [6.07, 6.45) is 3.03. The molecular weight excluding hydrogens is 381 g/mol. The summed E-state index contributed by atoms with van der Waals surface area (Å²) in [5.74, 6) is -0.0436. The van der Waals surface area contributed by atoms with Crippen LogP contribution in [0.3, 0.4) is 0 Å². The molecule has 0 saturated heterocycles. The number of halogens is 1. The van der Waals surface area contributed by atoms with Crippen molar-refractivity contribution in [3.63, 3.8) is 0 Å². The number of rotatable bonds is 4. The van der Waals surface area contributed by atoms with E-state index in [1.165, 1.54) is 6.07 Å². The minimum absolute atomic E-state index is 0.209. The average molecular weight is 405 g/mol. The lowest BCUT2D eigenvalue weighted by Gasteiger charge is -2.16. The van der Waals surface area contributed by atoms with Crippen molar-refractivity contribution in [1.82, 2.24) is 14.7 Å². The third-order valence-electron chi connectivity index (χ3n) is 5.70. The molecule has 2 aromatic carbocycles. The summed E-state index contributed by atoms with van der Waals surface area (Å²) in [5.41, 5.74) is 6.39. The van der Waals surface area contributed by atoms with Crippen molar-refractivity contribution in [3.05, 3.63) is 76.7 Å². The number of nitrogens with zero attached hydrogens (tertiary/aromatic N) is 3. The predicted molar refractivity (Wildman–Crippen MR) is 113 cm³/mol. The smallest absolute Gasteiger partial charge is 0.132 e. The van der Waals surface area contributed by atoms with Gasteiger partial charge in [0.2, 0.25) is 0 Å². The Hall–Kier alpha value is -2.96. The Bertz CT molecular complexity index is 1140. The molecule has 0 atom stereocenters. The molecule has 1 N–H and O–H groups in total. The Morgan fingerprint density at radius 2 is 2.03 bits per heavy atom. The van der Waals surface area contributed by atoms with Crippen molar-refractivity contribution in [1.29, 1.82) is 0 Å². The van der Waals surface area contributed by atoms with Gasteiger partial charge in [-0.05, 0) is 60.5 Å². The Labute approximate surface area is 175 Å². The van der Waals surface area contributed by atoms with Crippen LogP contribution in [0.1, 0.15) is 28.8 Å². The molecule has 0 aliphatic carbocycles. The molecular formula is C24H24FN3O2. The van der Waals surface area contributed by atoms with Gasteiger partial charge in [0, 0.05) is 24.2 Å². The summed E-state index contributed by atoms with van der Waals surface area (Å²) in [7, 11) is 2.04. The number of benzene rings is 2. The molecule has 0 radical (unpaired) electrons. The van der Waals surface area contributed by atoms with Crippen LogP contribution in [0.2, 0.25) is 0 Å². The highest BCUT2D eigenvalue weighted by molar-refractivity contribution is 5.69. The molecule has 154 valence electrons. The van der Waals surface area contributed by atoms with Crippen LogP contribution in [0.25, 0.3) is 16.8 Å². The molecule has 6 heteroatoms. The molecule has 0 unspecified atom stereocenters. The van der Waals surface area contributed by atoms with Gasteiger partial charge in [-0.15, -0.1) is 0 Å². The van der Waals surface area contributed by atoms with E-state index in [0.717, 1.165) is 59.8 Å². The Morgan fingerprint density at radius 3 is 2.83 bits per heavy atom. The van der Waals surface area contributed by atoms with Crippen LogP contribution < -0.4 is 0 Å². The van der Waals surface area contributed by atoms with Crippen molar-refractivity contribution in [2.75, 3.05) is 20.3 Å². The maximum atomic E-state index is 14.7. The second-order valence-electron chi connectivity index (χ2n) is 8.04. The Balaban J connectivity index is 1.56. The second kappa shape index (κ2) is 7.70. The number of fused-ring (bicyclic) bond motifs is 1. The fourth-order valence-corrected chi connectivity index (χ4v) is 4.37. The van der Waals surface area contributed by atoms with E-state index in [4.69, 9.17) is 9.84 Å². The zero-order chi connectivity index (χ0) is 20.7. The molecule has 0 bridgehead atoms. The van der Waals surface area contributed by atoms with E-state index in [1.54, 1.807) is 24.3 Å². The maximum absolute atomic E-state index is 14.7. The van der Waals surface area contributed by atoms with Gasteiger partial charge in [-0.2, -0.15) is 5.10 Å². The number of hydrogen-bond acceptors (Lipinski definition) is 4. The number of phenols is 1. The molecule has 3 heterocycles. The Morgan fingerprint density at radius 1 is 1.17 bits per heavy atom. The summed E-state index contributed by atoms with van der Waals surface area (Å²) in [6, 6.07) is 12.4. The van der Waals surface area contributed by atoms with Gasteiger partial charge in [0.1, 0.15) is 11.6 Å². The first kappa shape index (κ1) is 19.0. The highest BCUT2D eigenvalue weighted by Gasteiger charge is 2.27. The van der Waals surface area contributed by atoms with Gasteiger partial charge < -0.3 is 9.84 Å². The van der Waals surface area contributed by atoms with Gasteiger partial charge in [-0.3, -0.25) is 9.58 Å². The molecule has 5 nitrogen and oxygen atoms in total. The number of hydrogen-bond donors (Lipinski definition) is 1. The SMILES string of the molecule is CN1Cc2nn(Cc3cc(O)cc(C4=CCCOC4)c3)c(-c3ccccc3F)c2C1. The van der Waals surface area contributed by atoms with Crippen molar-refractivity contribution in [2.45, 2.75) is 26.1 Å².